The number of nitrogens with zero attached hydrogens (tertiary/aromatic N) is 1. The molecule has 4 heteroatoms. The molecular weight excluding hydrogens is 242 g/mol. The average Bonchev–Trinajstić information content (AvgIpc) is 2.46. The maximum Gasteiger partial charge on any atom is 0.118 e. The Kier molecular flexibility index (Phi) is 4.80. The molecule has 4 nitrogen and oxygen atoms in total. The van der Waals surface area contributed by atoms with Gasteiger partial charge in [0.15, 0.2) is 0 Å². The first kappa shape index (κ1) is 14.3. The summed E-state index contributed by atoms with van der Waals surface area (Å²) in [5.74, 6) is 0.796. The zero-order valence-corrected chi connectivity index (χ0v) is 11.9. The highest BCUT2D eigenvalue weighted by Crippen LogP contribution is 2.24. The van der Waals surface area contributed by atoms with Gasteiger partial charge >= 0.3 is 0 Å². The zero-order valence-electron chi connectivity index (χ0n) is 11.9. The smallest absolute Gasteiger partial charge is 0.118 e. The summed E-state index contributed by atoms with van der Waals surface area (Å²) in [5, 5.41) is 10.4. The van der Waals surface area contributed by atoms with Gasteiger partial charge in [-0.1, -0.05) is 12.1 Å². The fourth-order valence-electron chi connectivity index (χ4n) is 2.37. The maximum absolute atomic E-state index is 10.4. The van der Waals surface area contributed by atoms with Crippen molar-refractivity contribution in [3.8, 4) is 5.75 Å². The lowest BCUT2D eigenvalue weighted by Gasteiger charge is -2.37. The highest BCUT2D eigenvalue weighted by atomic mass is 16.5. The van der Waals surface area contributed by atoms with E-state index in [-0.39, 0.29) is 6.10 Å². The Bertz CT molecular complexity index is 391. The van der Waals surface area contributed by atoms with Crippen LogP contribution in [0.5, 0.6) is 5.75 Å². The maximum atomic E-state index is 10.4. The molecule has 1 saturated heterocycles. The number of aliphatic hydroxyl groups is 1. The standard InChI is InChI=1S/C15H23NO3/c1-11(2)16-8-9-19-14(10-16)15(17)12-4-6-13(18-3)7-5-12/h4-7,11,14-15,17H,8-10H2,1-3H3. The number of hydrogen-bond acceptors (Lipinski definition) is 4. The molecule has 1 aromatic rings. The minimum absolute atomic E-state index is 0.162. The van der Waals surface area contributed by atoms with Gasteiger partial charge in [0.25, 0.3) is 0 Å². The Hall–Kier alpha value is -1.10. The predicted molar refractivity (Wildman–Crippen MR) is 74.4 cm³/mol. The van der Waals surface area contributed by atoms with Crippen molar-refractivity contribution in [1.29, 1.82) is 0 Å². The topological polar surface area (TPSA) is 41.9 Å². The largest absolute Gasteiger partial charge is 0.497 e. The molecule has 106 valence electrons. The van der Waals surface area contributed by atoms with E-state index >= 15 is 0 Å². The van der Waals surface area contributed by atoms with Gasteiger partial charge in [0, 0.05) is 19.1 Å². The second kappa shape index (κ2) is 6.37. The lowest BCUT2D eigenvalue weighted by molar-refractivity contribution is -0.0961. The van der Waals surface area contributed by atoms with Crippen LogP contribution in [0, 0.1) is 0 Å². The molecule has 2 unspecified atom stereocenters. The molecule has 19 heavy (non-hydrogen) atoms. The minimum atomic E-state index is -0.590. The fraction of sp³-hybridized carbons (Fsp3) is 0.600. The molecule has 0 aliphatic carbocycles. The summed E-state index contributed by atoms with van der Waals surface area (Å²) in [7, 11) is 1.64. The normalized spacial score (nSPS) is 22.5. The Morgan fingerprint density at radius 2 is 2.00 bits per heavy atom. The molecular formula is C15H23NO3. The zero-order chi connectivity index (χ0) is 13.8. The molecule has 0 saturated carbocycles. The Labute approximate surface area is 114 Å². The highest BCUT2D eigenvalue weighted by Gasteiger charge is 2.28. The molecule has 1 aliphatic heterocycles. The Morgan fingerprint density at radius 3 is 2.58 bits per heavy atom. The fourth-order valence-corrected chi connectivity index (χ4v) is 2.37. The van der Waals surface area contributed by atoms with E-state index in [2.05, 4.69) is 18.7 Å². The summed E-state index contributed by atoms with van der Waals surface area (Å²) in [4.78, 5) is 2.33. The quantitative estimate of drug-likeness (QED) is 0.902. The van der Waals surface area contributed by atoms with Crippen LogP contribution in [0.25, 0.3) is 0 Å². The van der Waals surface area contributed by atoms with Crippen molar-refractivity contribution >= 4 is 0 Å². The van der Waals surface area contributed by atoms with Crippen LogP contribution in [0.3, 0.4) is 0 Å². The van der Waals surface area contributed by atoms with Crippen molar-refractivity contribution in [1.82, 2.24) is 4.90 Å². The molecule has 1 aliphatic rings. The summed E-state index contributed by atoms with van der Waals surface area (Å²) in [5.41, 5.74) is 0.872. The van der Waals surface area contributed by atoms with Gasteiger partial charge in [0.05, 0.1) is 13.7 Å². The molecule has 0 amide bonds. The monoisotopic (exact) mass is 265 g/mol. The third-order valence-corrected chi connectivity index (χ3v) is 3.66. The molecule has 1 heterocycles. The van der Waals surface area contributed by atoms with Crippen LogP contribution in [0.1, 0.15) is 25.5 Å². The van der Waals surface area contributed by atoms with E-state index < -0.39 is 6.10 Å². The van der Waals surface area contributed by atoms with Crippen LogP contribution >= 0.6 is 0 Å². The molecule has 0 radical (unpaired) electrons. The van der Waals surface area contributed by atoms with Crippen molar-refractivity contribution in [3.63, 3.8) is 0 Å². The summed E-state index contributed by atoms with van der Waals surface area (Å²) in [6.45, 7) is 6.72. The highest BCUT2D eigenvalue weighted by molar-refractivity contribution is 5.29. The molecule has 1 aromatic carbocycles. The van der Waals surface area contributed by atoms with Gasteiger partial charge in [0.2, 0.25) is 0 Å². The number of rotatable bonds is 4. The van der Waals surface area contributed by atoms with E-state index in [4.69, 9.17) is 9.47 Å². The average molecular weight is 265 g/mol. The summed E-state index contributed by atoms with van der Waals surface area (Å²) >= 11 is 0. The lowest BCUT2D eigenvalue weighted by Crippen LogP contribution is -2.47. The first-order valence-electron chi connectivity index (χ1n) is 6.79. The second-order valence-electron chi connectivity index (χ2n) is 5.22. The summed E-state index contributed by atoms with van der Waals surface area (Å²) in [6, 6.07) is 7.99. The Balaban J connectivity index is 2.03. The van der Waals surface area contributed by atoms with Gasteiger partial charge in [0.1, 0.15) is 18.0 Å². The third kappa shape index (κ3) is 3.47. The number of hydrogen-bond donors (Lipinski definition) is 1. The van der Waals surface area contributed by atoms with Crippen molar-refractivity contribution < 1.29 is 14.6 Å². The SMILES string of the molecule is COc1ccc(C(O)C2CN(C(C)C)CCO2)cc1. The molecule has 2 atom stereocenters. The van der Waals surface area contributed by atoms with E-state index in [1.165, 1.54) is 0 Å². The van der Waals surface area contributed by atoms with Crippen molar-refractivity contribution in [2.45, 2.75) is 32.1 Å². The summed E-state index contributed by atoms with van der Waals surface area (Å²) < 4.78 is 10.8. The van der Waals surface area contributed by atoms with E-state index in [1.54, 1.807) is 7.11 Å². The van der Waals surface area contributed by atoms with Gasteiger partial charge < -0.3 is 14.6 Å². The van der Waals surface area contributed by atoms with Crippen molar-refractivity contribution in [3.05, 3.63) is 29.8 Å². The van der Waals surface area contributed by atoms with Crippen molar-refractivity contribution in [2.75, 3.05) is 26.8 Å². The van der Waals surface area contributed by atoms with Crippen LogP contribution in [0.15, 0.2) is 24.3 Å². The van der Waals surface area contributed by atoms with Gasteiger partial charge in [-0.3, -0.25) is 4.90 Å². The van der Waals surface area contributed by atoms with Gasteiger partial charge in [-0.2, -0.15) is 0 Å². The summed E-state index contributed by atoms with van der Waals surface area (Å²) in [6.07, 6.45) is -0.753. The first-order chi connectivity index (χ1) is 9.11. The van der Waals surface area contributed by atoms with Crippen molar-refractivity contribution in [2.24, 2.45) is 0 Å². The van der Waals surface area contributed by atoms with Crippen LogP contribution in [0.4, 0.5) is 0 Å². The van der Waals surface area contributed by atoms with E-state index in [9.17, 15) is 5.11 Å². The molecule has 1 fully saturated rings. The number of methoxy groups -OCH3 is 1. The van der Waals surface area contributed by atoms with Crippen LogP contribution in [-0.4, -0.2) is 49.0 Å². The lowest BCUT2D eigenvalue weighted by atomic mass is 10.0. The first-order valence-corrected chi connectivity index (χ1v) is 6.79. The predicted octanol–water partition coefficient (Wildman–Crippen LogP) is 1.84. The number of ether oxygens (including phenoxy) is 2. The van der Waals surface area contributed by atoms with E-state index in [0.717, 1.165) is 24.4 Å². The minimum Gasteiger partial charge on any atom is -0.497 e. The Morgan fingerprint density at radius 1 is 1.32 bits per heavy atom. The van der Waals surface area contributed by atoms with E-state index in [0.29, 0.717) is 12.6 Å². The number of benzene rings is 1. The second-order valence-corrected chi connectivity index (χ2v) is 5.22. The van der Waals surface area contributed by atoms with Crippen LogP contribution in [-0.2, 0) is 4.74 Å². The molecule has 0 spiro atoms. The third-order valence-electron chi connectivity index (χ3n) is 3.66. The molecule has 1 N–H and O–H groups in total. The number of morpholine rings is 1. The molecule has 0 bridgehead atoms. The van der Waals surface area contributed by atoms with Gasteiger partial charge in [-0.25, -0.2) is 0 Å². The van der Waals surface area contributed by atoms with Crippen LogP contribution < -0.4 is 4.74 Å². The van der Waals surface area contributed by atoms with Gasteiger partial charge in [-0.15, -0.1) is 0 Å². The molecule has 2 rings (SSSR count). The number of aliphatic hydroxyl groups excluding tert-OH is 1. The van der Waals surface area contributed by atoms with E-state index in [1.807, 2.05) is 24.3 Å². The molecule has 0 aromatic heterocycles. The van der Waals surface area contributed by atoms with Gasteiger partial charge in [-0.05, 0) is 31.5 Å². The van der Waals surface area contributed by atoms with Crippen LogP contribution in [0.2, 0.25) is 0 Å².